The van der Waals surface area contributed by atoms with E-state index < -0.39 is 0 Å². The monoisotopic (exact) mass is 200 g/mol. The second-order valence-corrected chi connectivity index (χ2v) is 4.97. The van der Waals surface area contributed by atoms with Gasteiger partial charge in [0.05, 0.1) is 0 Å². The average molecular weight is 200 g/mol. The van der Waals surface area contributed by atoms with Crippen LogP contribution in [0.4, 0.5) is 0 Å². The topological polar surface area (TPSA) is 0 Å². The quantitative estimate of drug-likeness (QED) is 0.633. The van der Waals surface area contributed by atoms with E-state index in [1.807, 2.05) is 0 Å². The Morgan fingerprint density at radius 1 is 1.13 bits per heavy atom. The lowest BCUT2D eigenvalue weighted by Crippen LogP contribution is -2.22. The zero-order chi connectivity index (χ0) is 10.7. The summed E-state index contributed by atoms with van der Waals surface area (Å²) in [6.07, 6.45) is 7.53. The first kappa shape index (κ1) is 10.5. The molecule has 0 bridgehead atoms. The van der Waals surface area contributed by atoms with E-state index in [1.165, 1.54) is 31.2 Å². The second kappa shape index (κ2) is 4.22. The van der Waals surface area contributed by atoms with E-state index in [2.05, 4.69) is 50.3 Å². The predicted octanol–water partition coefficient (Wildman–Crippen LogP) is 4.37. The number of benzene rings is 1. The van der Waals surface area contributed by atoms with Gasteiger partial charge in [0.15, 0.2) is 0 Å². The first-order chi connectivity index (χ1) is 7.22. The lowest BCUT2D eigenvalue weighted by atomic mass is 9.69. The summed E-state index contributed by atoms with van der Waals surface area (Å²) >= 11 is 0. The van der Waals surface area contributed by atoms with Gasteiger partial charge in [-0.05, 0) is 36.7 Å². The molecule has 15 heavy (non-hydrogen) atoms. The molecule has 0 nitrogen and oxygen atoms in total. The maximum atomic E-state index is 2.48. The summed E-state index contributed by atoms with van der Waals surface area (Å²) < 4.78 is 0. The molecule has 0 heteroatoms. The fraction of sp³-hybridized carbons (Fsp3) is 0.467. The molecular weight excluding hydrogens is 180 g/mol. The molecule has 1 aliphatic rings. The van der Waals surface area contributed by atoms with E-state index in [0.717, 1.165) is 0 Å². The van der Waals surface area contributed by atoms with Crippen molar-refractivity contribution in [1.82, 2.24) is 0 Å². The lowest BCUT2D eigenvalue weighted by Gasteiger charge is -2.36. The number of aryl methyl sites for hydroxylation is 1. The van der Waals surface area contributed by atoms with E-state index in [9.17, 15) is 0 Å². The van der Waals surface area contributed by atoms with Crippen molar-refractivity contribution in [2.45, 2.75) is 39.5 Å². The molecule has 2 rings (SSSR count). The molecule has 0 heterocycles. The Morgan fingerprint density at radius 3 is 2.40 bits per heavy atom. The Hall–Kier alpha value is -1.04. The fourth-order valence-corrected chi connectivity index (χ4v) is 2.32. The molecule has 1 aromatic carbocycles. The van der Waals surface area contributed by atoms with Crippen LogP contribution in [0, 0.1) is 5.41 Å². The molecule has 0 aliphatic heterocycles. The minimum atomic E-state index is 0.520. The molecule has 0 saturated heterocycles. The van der Waals surface area contributed by atoms with Crippen LogP contribution < -0.4 is 0 Å². The summed E-state index contributed by atoms with van der Waals surface area (Å²) in [4.78, 5) is 0. The highest BCUT2D eigenvalue weighted by atomic mass is 14.3. The summed E-state index contributed by atoms with van der Waals surface area (Å²) in [5.74, 6) is 0. The molecule has 0 unspecified atom stereocenters. The zero-order valence-electron chi connectivity index (χ0n) is 9.79. The Morgan fingerprint density at radius 2 is 1.80 bits per heavy atom. The Balaban J connectivity index is 1.84. The Bertz CT molecular complexity index is 348. The summed E-state index contributed by atoms with van der Waals surface area (Å²) in [6, 6.07) is 10.8. The third-order valence-corrected chi connectivity index (χ3v) is 3.57. The van der Waals surface area contributed by atoms with Crippen molar-refractivity contribution in [1.29, 1.82) is 0 Å². The van der Waals surface area contributed by atoms with Gasteiger partial charge < -0.3 is 0 Å². The van der Waals surface area contributed by atoms with Crippen LogP contribution in [0.1, 0.15) is 38.7 Å². The molecule has 1 aliphatic carbocycles. The van der Waals surface area contributed by atoms with E-state index in [0.29, 0.717) is 5.41 Å². The number of hydrogen-bond donors (Lipinski definition) is 0. The highest BCUT2D eigenvalue weighted by Crippen LogP contribution is 2.42. The minimum absolute atomic E-state index is 0.520. The number of rotatable bonds is 4. The van der Waals surface area contributed by atoms with Crippen molar-refractivity contribution >= 4 is 0 Å². The highest BCUT2D eigenvalue weighted by molar-refractivity contribution is 5.24. The summed E-state index contributed by atoms with van der Waals surface area (Å²) in [7, 11) is 0. The van der Waals surface area contributed by atoms with E-state index >= 15 is 0 Å². The minimum Gasteiger partial charge on any atom is -0.0790 e. The van der Waals surface area contributed by atoms with E-state index in [1.54, 1.807) is 5.57 Å². The molecule has 80 valence electrons. The second-order valence-electron chi connectivity index (χ2n) is 4.97. The fourth-order valence-electron chi connectivity index (χ4n) is 2.32. The highest BCUT2D eigenvalue weighted by Gasteiger charge is 2.29. The van der Waals surface area contributed by atoms with Gasteiger partial charge >= 0.3 is 0 Å². The van der Waals surface area contributed by atoms with E-state index in [-0.39, 0.29) is 0 Å². The molecular formula is C15H20. The molecule has 0 fully saturated rings. The van der Waals surface area contributed by atoms with Gasteiger partial charge in [0.1, 0.15) is 0 Å². The normalized spacial score (nSPS) is 24.5. The van der Waals surface area contributed by atoms with Crippen LogP contribution >= 0.6 is 0 Å². The Kier molecular flexibility index (Phi) is 2.95. The van der Waals surface area contributed by atoms with Crippen LogP contribution in [0.3, 0.4) is 0 Å². The van der Waals surface area contributed by atoms with Crippen molar-refractivity contribution in [3.05, 3.63) is 47.5 Å². The first-order valence-electron chi connectivity index (χ1n) is 5.96. The maximum absolute atomic E-state index is 2.48. The molecule has 0 aromatic heterocycles. The van der Waals surface area contributed by atoms with Crippen molar-refractivity contribution < 1.29 is 0 Å². The van der Waals surface area contributed by atoms with Gasteiger partial charge in [0.2, 0.25) is 0 Å². The number of allylic oxidation sites excluding steroid dienone is 2. The van der Waals surface area contributed by atoms with Crippen LogP contribution in [-0.2, 0) is 6.42 Å². The molecule has 0 N–H and O–H groups in total. The van der Waals surface area contributed by atoms with Gasteiger partial charge in [0, 0.05) is 0 Å². The summed E-state index contributed by atoms with van der Waals surface area (Å²) in [5.41, 5.74) is 3.64. The van der Waals surface area contributed by atoms with Crippen LogP contribution in [0.5, 0.6) is 0 Å². The largest absolute Gasteiger partial charge is 0.0790 e. The zero-order valence-corrected chi connectivity index (χ0v) is 9.79. The van der Waals surface area contributed by atoms with Gasteiger partial charge in [-0.2, -0.15) is 0 Å². The molecule has 1 atom stereocenters. The first-order valence-corrected chi connectivity index (χ1v) is 5.96. The maximum Gasteiger partial charge on any atom is -0.0109 e. The molecule has 0 amide bonds. The smallest absolute Gasteiger partial charge is 0.0109 e. The Labute approximate surface area is 93.0 Å². The van der Waals surface area contributed by atoms with Crippen molar-refractivity contribution in [3.8, 4) is 0 Å². The molecule has 0 spiro atoms. The van der Waals surface area contributed by atoms with Gasteiger partial charge in [-0.1, -0.05) is 55.8 Å². The lowest BCUT2D eigenvalue weighted by molar-refractivity contribution is 0.351. The van der Waals surface area contributed by atoms with E-state index in [4.69, 9.17) is 0 Å². The van der Waals surface area contributed by atoms with Crippen molar-refractivity contribution in [3.63, 3.8) is 0 Å². The third kappa shape index (κ3) is 2.50. The van der Waals surface area contributed by atoms with Gasteiger partial charge in [-0.3, -0.25) is 0 Å². The average Bonchev–Trinajstić information content (AvgIpc) is 2.24. The van der Waals surface area contributed by atoms with Gasteiger partial charge in [-0.25, -0.2) is 0 Å². The SMILES string of the molecule is CC[C@]1(C)C=C(CCc2ccccc2)C1. The molecule has 1 aromatic rings. The van der Waals surface area contributed by atoms with Crippen molar-refractivity contribution in [2.24, 2.45) is 5.41 Å². The van der Waals surface area contributed by atoms with Crippen LogP contribution in [0.15, 0.2) is 42.0 Å². The third-order valence-electron chi connectivity index (χ3n) is 3.57. The summed E-state index contributed by atoms with van der Waals surface area (Å²) in [6.45, 7) is 4.64. The molecule has 0 saturated carbocycles. The predicted molar refractivity (Wildman–Crippen MR) is 65.9 cm³/mol. The number of hydrogen-bond acceptors (Lipinski definition) is 0. The van der Waals surface area contributed by atoms with Crippen LogP contribution in [0.25, 0.3) is 0 Å². The van der Waals surface area contributed by atoms with Crippen LogP contribution in [0.2, 0.25) is 0 Å². The summed E-state index contributed by atoms with van der Waals surface area (Å²) in [5, 5.41) is 0. The standard InChI is InChI=1S/C15H20/c1-3-15(2)11-14(12-15)10-9-13-7-5-4-6-8-13/h4-8,11H,3,9-10,12H2,1-2H3/t15-/m1/s1. The van der Waals surface area contributed by atoms with Gasteiger partial charge in [0.25, 0.3) is 0 Å². The van der Waals surface area contributed by atoms with Crippen molar-refractivity contribution in [2.75, 3.05) is 0 Å². The molecule has 0 radical (unpaired) electrons. The van der Waals surface area contributed by atoms with Crippen LogP contribution in [-0.4, -0.2) is 0 Å². The van der Waals surface area contributed by atoms with Gasteiger partial charge in [-0.15, -0.1) is 0 Å².